The summed E-state index contributed by atoms with van der Waals surface area (Å²) < 4.78 is 45.3. The van der Waals surface area contributed by atoms with E-state index in [9.17, 15) is 12.8 Å². The molecule has 2 aromatic rings. The topological polar surface area (TPSA) is 46.6 Å². The molecule has 4 nitrogen and oxygen atoms in total. The predicted molar refractivity (Wildman–Crippen MR) is 99.6 cm³/mol. The molecule has 0 aliphatic carbocycles. The Morgan fingerprint density at radius 3 is 2.38 bits per heavy atom. The van der Waals surface area contributed by atoms with Crippen LogP contribution in [-0.2, 0) is 16.4 Å². The van der Waals surface area contributed by atoms with Gasteiger partial charge in [0.15, 0.2) is 0 Å². The van der Waals surface area contributed by atoms with Gasteiger partial charge < -0.3 is 4.74 Å². The molecule has 1 aliphatic heterocycles. The molecule has 7 heteroatoms. The number of hydrogen-bond donors (Lipinski definition) is 0. The van der Waals surface area contributed by atoms with E-state index in [-0.39, 0.29) is 9.92 Å². The Morgan fingerprint density at radius 2 is 1.81 bits per heavy atom. The van der Waals surface area contributed by atoms with Crippen LogP contribution in [0.5, 0.6) is 5.75 Å². The number of halogens is 2. The number of ether oxygens (including phenoxy) is 1. The molecule has 140 valence electrons. The first-order valence-corrected chi connectivity index (χ1v) is 10.3. The summed E-state index contributed by atoms with van der Waals surface area (Å²) in [5.74, 6) is 0.642. The van der Waals surface area contributed by atoms with Crippen molar-refractivity contribution < 1.29 is 17.5 Å². The number of hydrogen-bond acceptors (Lipinski definition) is 3. The lowest BCUT2D eigenvalue weighted by atomic mass is 9.91. The quantitative estimate of drug-likeness (QED) is 0.762. The maximum atomic E-state index is 13.3. The van der Waals surface area contributed by atoms with Gasteiger partial charge >= 0.3 is 0 Å². The molecule has 0 saturated carbocycles. The van der Waals surface area contributed by atoms with Crippen molar-refractivity contribution in [1.82, 2.24) is 4.31 Å². The molecule has 1 aliphatic rings. The van der Waals surface area contributed by atoms with Crippen molar-refractivity contribution in [3.8, 4) is 5.75 Å². The lowest BCUT2D eigenvalue weighted by Crippen LogP contribution is -2.38. The molecule has 1 saturated heterocycles. The van der Waals surface area contributed by atoms with E-state index in [0.29, 0.717) is 19.0 Å². The van der Waals surface area contributed by atoms with E-state index < -0.39 is 15.8 Å². The highest BCUT2D eigenvalue weighted by Gasteiger charge is 2.29. The predicted octanol–water partition coefficient (Wildman–Crippen LogP) is 4.13. The Balaban J connectivity index is 1.62. The maximum absolute atomic E-state index is 13.3. The monoisotopic (exact) mass is 397 g/mol. The average Bonchev–Trinajstić information content (AvgIpc) is 2.65. The normalized spacial score (nSPS) is 16.6. The van der Waals surface area contributed by atoms with Gasteiger partial charge in [-0.1, -0.05) is 23.7 Å². The van der Waals surface area contributed by atoms with Gasteiger partial charge in [-0.05, 0) is 61.1 Å². The lowest BCUT2D eigenvalue weighted by Gasteiger charge is -2.31. The second-order valence-corrected chi connectivity index (χ2v) is 8.82. The highest BCUT2D eigenvalue weighted by molar-refractivity contribution is 7.89. The molecule has 0 amide bonds. The fourth-order valence-corrected chi connectivity index (χ4v) is 4.98. The first-order valence-electron chi connectivity index (χ1n) is 8.48. The molecule has 2 aromatic carbocycles. The Kier molecular flexibility index (Phi) is 5.85. The highest BCUT2D eigenvalue weighted by Crippen LogP contribution is 2.28. The molecule has 0 aromatic heterocycles. The number of sulfonamides is 1. The Bertz CT molecular complexity index is 863. The van der Waals surface area contributed by atoms with Gasteiger partial charge in [-0.3, -0.25) is 0 Å². The van der Waals surface area contributed by atoms with Gasteiger partial charge in [0.25, 0.3) is 0 Å². The van der Waals surface area contributed by atoms with Crippen LogP contribution in [-0.4, -0.2) is 32.9 Å². The molecule has 1 fully saturated rings. The van der Waals surface area contributed by atoms with Crippen LogP contribution in [0.1, 0.15) is 18.4 Å². The van der Waals surface area contributed by atoms with E-state index in [1.165, 1.54) is 22.0 Å². The summed E-state index contributed by atoms with van der Waals surface area (Å²) in [7, 11) is -2.00. The molecule has 3 rings (SSSR count). The second kappa shape index (κ2) is 7.94. The summed E-state index contributed by atoms with van der Waals surface area (Å²) in [5.41, 5.74) is 1.22. The summed E-state index contributed by atoms with van der Waals surface area (Å²) in [6, 6.07) is 11.5. The van der Waals surface area contributed by atoms with Crippen molar-refractivity contribution in [3.63, 3.8) is 0 Å². The van der Waals surface area contributed by atoms with Crippen LogP contribution < -0.4 is 4.74 Å². The largest absolute Gasteiger partial charge is 0.497 e. The van der Waals surface area contributed by atoms with E-state index in [0.717, 1.165) is 31.1 Å². The number of nitrogens with zero attached hydrogens (tertiary/aromatic N) is 1. The summed E-state index contributed by atoms with van der Waals surface area (Å²) in [6.07, 6.45) is 2.50. The first-order chi connectivity index (χ1) is 12.4. The minimum absolute atomic E-state index is 0.0394. The molecule has 0 radical (unpaired) electrons. The summed E-state index contributed by atoms with van der Waals surface area (Å²) >= 11 is 5.73. The summed E-state index contributed by atoms with van der Waals surface area (Å²) in [5, 5.41) is -0.180. The van der Waals surface area contributed by atoms with Crippen molar-refractivity contribution in [2.45, 2.75) is 24.2 Å². The molecule has 1 heterocycles. The summed E-state index contributed by atoms with van der Waals surface area (Å²) in [6.45, 7) is 0.913. The van der Waals surface area contributed by atoms with Crippen LogP contribution in [0.25, 0.3) is 0 Å². The Morgan fingerprint density at radius 1 is 1.15 bits per heavy atom. The fraction of sp³-hybridized carbons (Fsp3) is 0.368. The van der Waals surface area contributed by atoms with Crippen molar-refractivity contribution in [1.29, 1.82) is 0 Å². The van der Waals surface area contributed by atoms with Crippen LogP contribution in [0.15, 0.2) is 47.4 Å². The second-order valence-electron chi connectivity index (χ2n) is 6.48. The van der Waals surface area contributed by atoms with Gasteiger partial charge in [0.05, 0.1) is 17.0 Å². The molecule has 0 unspecified atom stereocenters. The molecule has 0 bridgehead atoms. The number of rotatable bonds is 5. The van der Waals surface area contributed by atoms with Crippen LogP contribution in [0.3, 0.4) is 0 Å². The standard InChI is InChI=1S/C19H21ClFNO3S/c1-25-16-4-2-14(3-5-16)12-15-8-10-22(11-9-15)26(23,24)17-6-7-19(21)18(20)13-17/h2-7,13,15H,8-12H2,1H3. The van der Waals surface area contributed by atoms with E-state index in [1.54, 1.807) is 7.11 Å². The molecular weight excluding hydrogens is 377 g/mol. The first kappa shape index (κ1) is 19.1. The third-order valence-electron chi connectivity index (χ3n) is 4.79. The minimum atomic E-state index is -3.64. The summed E-state index contributed by atoms with van der Waals surface area (Å²) in [4.78, 5) is 0.0394. The van der Waals surface area contributed by atoms with Crippen LogP contribution in [0, 0.1) is 11.7 Å². The van der Waals surface area contributed by atoms with E-state index in [1.807, 2.05) is 24.3 Å². The third-order valence-corrected chi connectivity index (χ3v) is 6.97. The number of methoxy groups -OCH3 is 1. The smallest absolute Gasteiger partial charge is 0.243 e. The van der Waals surface area contributed by atoms with Gasteiger partial charge in [0.2, 0.25) is 10.0 Å². The highest BCUT2D eigenvalue weighted by atomic mass is 35.5. The SMILES string of the molecule is COc1ccc(CC2CCN(S(=O)(=O)c3ccc(F)c(Cl)c3)CC2)cc1. The molecule has 26 heavy (non-hydrogen) atoms. The zero-order valence-electron chi connectivity index (χ0n) is 14.5. The van der Waals surface area contributed by atoms with Crippen molar-refractivity contribution in [2.24, 2.45) is 5.92 Å². The Hall–Kier alpha value is -1.63. The molecular formula is C19H21ClFNO3S. The van der Waals surface area contributed by atoms with Gasteiger partial charge in [-0.25, -0.2) is 12.8 Å². The molecule has 0 spiro atoms. The minimum Gasteiger partial charge on any atom is -0.497 e. The van der Waals surface area contributed by atoms with Gasteiger partial charge in [0, 0.05) is 13.1 Å². The van der Waals surface area contributed by atoms with E-state index >= 15 is 0 Å². The van der Waals surface area contributed by atoms with Crippen LogP contribution in [0.4, 0.5) is 4.39 Å². The van der Waals surface area contributed by atoms with Gasteiger partial charge in [0.1, 0.15) is 11.6 Å². The van der Waals surface area contributed by atoms with Crippen molar-refractivity contribution in [3.05, 3.63) is 58.9 Å². The fourth-order valence-electron chi connectivity index (χ4n) is 3.24. The van der Waals surface area contributed by atoms with Crippen molar-refractivity contribution >= 4 is 21.6 Å². The maximum Gasteiger partial charge on any atom is 0.243 e. The third kappa shape index (κ3) is 4.19. The molecule has 0 N–H and O–H groups in total. The zero-order valence-corrected chi connectivity index (χ0v) is 16.1. The lowest BCUT2D eigenvalue weighted by molar-refractivity contribution is 0.273. The average molecular weight is 398 g/mol. The van der Waals surface area contributed by atoms with E-state index in [2.05, 4.69) is 0 Å². The van der Waals surface area contributed by atoms with Crippen LogP contribution >= 0.6 is 11.6 Å². The number of benzene rings is 2. The van der Waals surface area contributed by atoms with Gasteiger partial charge in [-0.2, -0.15) is 4.31 Å². The Labute approximate surface area is 158 Å². The van der Waals surface area contributed by atoms with Crippen molar-refractivity contribution in [2.75, 3.05) is 20.2 Å². The molecule has 0 atom stereocenters. The zero-order chi connectivity index (χ0) is 18.7. The van der Waals surface area contributed by atoms with Gasteiger partial charge in [-0.15, -0.1) is 0 Å². The van der Waals surface area contributed by atoms with Crippen LogP contribution in [0.2, 0.25) is 5.02 Å². The number of piperidine rings is 1. The van der Waals surface area contributed by atoms with E-state index in [4.69, 9.17) is 16.3 Å².